The second kappa shape index (κ2) is 5.15. The minimum Gasteiger partial charge on any atom is -0.460 e. The first-order chi connectivity index (χ1) is 6.99. The van der Waals surface area contributed by atoms with E-state index < -0.39 is 33.9 Å². The Morgan fingerprint density at radius 2 is 1.38 bits per heavy atom. The van der Waals surface area contributed by atoms with Crippen LogP contribution in [0, 0.1) is 5.41 Å². The van der Waals surface area contributed by atoms with Crippen molar-refractivity contribution in [2.75, 3.05) is 0 Å². The zero-order chi connectivity index (χ0) is 13.1. The van der Waals surface area contributed by atoms with Crippen molar-refractivity contribution in [3.63, 3.8) is 0 Å². The normalized spacial score (nSPS) is 12.1. The lowest BCUT2D eigenvalue weighted by molar-refractivity contribution is -0.160. The van der Waals surface area contributed by atoms with E-state index in [2.05, 4.69) is 0 Å². The van der Waals surface area contributed by atoms with Gasteiger partial charge in [0.1, 0.15) is 11.0 Å². The molecule has 0 saturated heterocycles. The minimum absolute atomic E-state index is 0.463. The second-order valence-corrected chi connectivity index (χ2v) is 5.33. The predicted octanol–water partition coefficient (Wildman–Crippen LogP) is 2.26. The zero-order valence-electron chi connectivity index (χ0n) is 9.60. The molecule has 16 heavy (non-hydrogen) atoms. The molecule has 0 saturated carbocycles. The van der Waals surface area contributed by atoms with Crippen LogP contribution in [0.25, 0.3) is 0 Å². The van der Waals surface area contributed by atoms with Gasteiger partial charge in [0.15, 0.2) is 0 Å². The highest BCUT2D eigenvalue weighted by Gasteiger charge is 2.42. The van der Waals surface area contributed by atoms with Crippen LogP contribution in [0.2, 0.25) is 0 Å². The molecule has 0 N–H and O–H groups in total. The highest BCUT2D eigenvalue weighted by atomic mass is 35.5. The number of halogens is 2. The van der Waals surface area contributed by atoms with Gasteiger partial charge in [-0.05, 0) is 50.9 Å². The maximum Gasteiger partial charge on any atom is 0.307 e. The largest absolute Gasteiger partial charge is 0.460 e. The fraction of sp³-hybridized carbons (Fsp3) is 0.700. The van der Waals surface area contributed by atoms with Crippen molar-refractivity contribution in [1.82, 2.24) is 0 Å². The Kier molecular flexibility index (Phi) is 4.95. The number of hydrogen-bond acceptors (Lipinski definition) is 4. The fourth-order valence-corrected chi connectivity index (χ4v) is 1.24. The molecule has 0 amide bonds. The van der Waals surface area contributed by atoms with E-state index in [0.717, 1.165) is 0 Å². The average molecular weight is 269 g/mol. The van der Waals surface area contributed by atoms with Gasteiger partial charge >= 0.3 is 5.97 Å². The molecular weight excluding hydrogens is 255 g/mol. The molecule has 0 rings (SSSR count). The highest BCUT2D eigenvalue weighted by molar-refractivity contribution is 6.74. The van der Waals surface area contributed by atoms with Crippen molar-refractivity contribution in [3.8, 4) is 0 Å². The van der Waals surface area contributed by atoms with Crippen molar-refractivity contribution < 1.29 is 19.1 Å². The number of carbonyl (C=O) groups excluding carboxylic acids is 3. The van der Waals surface area contributed by atoms with Crippen molar-refractivity contribution in [2.45, 2.75) is 39.7 Å². The van der Waals surface area contributed by atoms with E-state index in [1.807, 2.05) is 0 Å². The molecule has 0 aliphatic heterocycles. The Labute approximate surface area is 104 Å². The van der Waals surface area contributed by atoms with Gasteiger partial charge in [0.2, 0.25) is 10.5 Å². The van der Waals surface area contributed by atoms with Crippen LogP contribution in [0.1, 0.15) is 34.1 Å². The smallest absolute Gasteiger partial charge is 0.307 e. The molecule has 0 aromatic heterocycles. The first-order valence-electron chi connectivity index (χ1n) is 4.61. The Morgan fingerprint density at radius 3 is 1.62 bits per heavy atom. The third kappa shape index (κ3) is 4.49. The number of carbonyl (C=O) groups is 3. The van der Waals surface area contributed by atoms with Gasteiger partial charge in [-0.15, -0.1) is 0 Å². The monoisotopic (exact) mass is 268 g/mol. The van der Waals surface area contributed by atoms with E-state index in [1.165, 1.54) is 6.92 Å². The summed E-state index contributed by atoms with van der Waals surface area (Å²) in [4.78, 5) is 33.6. The molecule has 0 spiro atoms. The van der Waals surface area contributed by atoms with Crippen LogP contribution >= 0.6 is 23.2 Å². The van der Waals surface area contributed by atoms with Gasteiger partial charge in [-0.25, -0.2) is 0 Å². The molecule has 0 aliphatic rings. The SMILES string of the molecule is CC(C)(C)OC(=O)CC(C)(C(=O)Cl)C(=O)Cl. The van der Waals surface area contributed by atoms with Crippen molar-refractivity contribution in [3.05, 3.63) is 0 Å². The van der Waals surface area contributed by atoms with E-state index >= 15 is 0 Å². The van der Waals surface area contributed by atoms with Crippen molar-refractivity contribution >= 4 is 39.7 Å². The summed E-state index contributed by atoms with van der Waals surface area (Å²) in [6.45, 7) is 6.23. The van der Waals surface area contributed by atoms with Crippen LogP contribution in [-0.2, 0) is 19.1 Å². The van der Waals surface area contributed by atoms with Gasteiger partial charge in [0.25, 0.3) is 0 Å². The standard InChI is InChI=1S/C10H14Cl2O4/c1-9(2,3)16-6(13)5-10(4,7(11)14)8(12)15/h5H2,1-4H3. The number of hydrogen-bond donors (Lipinski definition) is 0. The number of ether oxygens (including phenoxy) is 1. The van der Waals surface area contributed by atoms with Crippen LogP contribution in [-0.4, -0.2) is 22.1 Å². The molecule has 4 nitrogen and oxygen atoms in total. The first-order valence-corrected chi connectivity index (χ1v) is 5.36. The average Bonchev–Trinajstić information content (AvgIpc) is 1.98. The van der Waals surface area contributed by atoms with Gasteiger partial charge < -0.3 is 4.74 Å². The third-order valence-corrected chi connectivity index (χ3v) is 2.62. The molecule has 6 heteroatoms. The molecule has 0 aromatic rings. The van der Waals surface area contributed by atoms with E-state index in [9.17, 15) is 14.4 Å². The lowest BCUT2D eigenvalue weighted by Gasteiger charge is -2.24. The van der Waals surface area contributed by atoms with E-state index in [4.69, 9.17) is 27.9 Å². The third-order valence-electron chi connectivity index (χ3n) is 1.79. The lowest BCUT2D eigenvalue weighted by atomic mass is 9.90. The Morgan fingerprint density at radius 1 is 1.00 bits per heavy atom. The van der Waals surface area contributed by atoms with Gasteiger partial charge in [-0.2, -0.15) is 0 Å². The van der Waals surface area contributed by atoms with Crippen LogP contribution < -0.4 is 0 Å². The molecule has 0 aromatic carbocycles. The fourth-order valence-electron chi connectivity index (χ4n) is 0.883. The summed E-state index contributed by atoms with van der Waals surface area (Å²) in [6.07, 6.45) is -0.463. The van der Waals surface area contributed by atoms with Gasteiger partial charge in [-0.3, -0.25) is 14.4 Å². The molecule has 0 unspecified atom stereocenters. The van der Waals surface area contributed by atoms with Crippen molar-refractivity contribution in [1.29, 1.82) is 0 Å². The maximum atomic E-state index is 11.4. The molecule has 0 atom stereocenters. The van der Waals surface area contributed by atoms with Gasteiger partial charge in [0.05, 0.1) is 6.42 Å². The molecule has 0 fully saturated rings. The Hall–Kier alpha value is -0.610. The lowest BCUT2D eigenvalue weighted by Crippen LogP contribution is -2.36. The second-order valence-electron chi connectivity index (χ2n) is 4.64. The first kappa shape index (κ1) is 15.4. The minimum atomic E-state index is -1.73. The summed E-state index contributed by atoms with van der Waals surface area (Å²) >= 11 is 10.5. The summed E-state index contributed by atoms with van der Waals surface area (Å²) < 4.78 is 4.97. The molecular formula is C10H14Cl2O4. The topological polar surface area (TPSA) is 60.4 Å². The Balaban J connectivity index is 4.74. The van der Waals surface area contributed by atoms with Crippen molar-refractivity contribution in [2.24, 2.45) is 5.41 Å². The van der Waals surface area contributed by atoms with Crippen LogP contribution in [0.5, 0.6) is 0 Å². The summed E-state index contributed by atoms with van der Waals surface area (Å²) in [5.74, 6) is -0.696. The summed E-state index contributed by atoms with van der Waals surface area (Å²) in [5.41, 5.74) is -2.42. The summed E-state index contributed by atoms with van der Waals surface area (Å²) in [6, 6.07) is 0. The van der Waals surface area contributed by atoms with Crippen LogP contribution in [0.3, 0.4) is 0 Å². The maximum absolute atomic E-state index is 11.4. The quantitative estimate of drug-likeness (QED) is 0.446. The zero-order valence-corrected chi connectivity index (χ0v) is 11.1. The predicted molar refractivity (Wildman–Crippen MR) is 60.3 cm³/mol. The molecule has 0 aliphatic carbocycles. The number of esters is 1. The van der Waals surface area contributed by atoms with E-state index in [-0.39, 0.29) is 0 Å². The Bertz CT molecular complexity index is 303. The van der Waals surface area contributed by atoms with Crippen LogP contribution in [0.15, 0.2) is 0 Å². The van der Waals surface area contributed by atoms with Crippen LogP contribution in [0.4, 0.5) is 0 Å². The number of rotatable bonds is 4. The summed E-state index contributed by atoms with van der Waals surface area (Å²) in [5, 5.41) is -1.95. The van der Waals surface area contributed by atoms with Gasteiger partial charge in [-0.1, -0.05) is 0 Å². The molecule has 92 valence electrons. The molecule has 0 heterocycles. The highest BCUT2D eigenvalue weighted by Crippen LogP contribution is 2.29. The molecule has 0 radical (unpaired) electrons. The van der Waals surface area contributed by atoms with E-state index in [0.29, 0.717) is 0 Å². The van der Waals surface area contributed by atoms with Gasteiger partial charge in [0, 0.05) is 0 Å². The summed E-state index contributed by atoms with van der Waals surface area (Å²) in [7, 11) is 0. The molecule has 0 bridgehead atoms. The van der Waals surface area contributed by atoms with E-state index in [1.54, 1.807) is 20.8 Å².